The van der Waals surface area contributed by atoms with Gasteiger partial charge in [-0.05, 0) is 119 Å². The fourth-order valence-corrected chi connectivity index (χ4v) is 5.68. The molecule has 5 rings (SSSR count). The standard InChI is InChI=1S/C32H40N4/c1-23-10-6-5-7-13-29(23)32-34-30-20-24(2)25(3)21-31(30)36(32)17-9-16-35-18-14-26(15-19-35)27-11-8-12-28(22-27)33-4/h5,7-8,10-13,20-22,26,33H,6,9,14-19H2,1-4H3. The molecule has 2 heterocycles. The molecule has 1 fully saturated rings. The SMILES string of the molecule is CNc1cccc(C2CCN(CCCn3c(C4=CC=CCC=C4C)nc4cc(C)c(C)cc43)CC2)c1. The lowest BCUT2D eigenvalue weighted by atomic mass is 9.89. The maximum Gasteiger partial charge on any atom is 0.141 e. The van der Waals surface area contributed by atoms with Crippen LogP contribution in [0.5, 0.6) is 0 Å². The van der Waals surface area contributed by atoms with Gasteiger partial charge in [0.2, 0.25) is 0 Å². The highest BCUT2D eigenvalue weighted by atomic mass is 15.1. The molecule has 0 atom stereocenters. The van der Waals surface area contributed by atoms with Crippen LogP contribution in [0.3, 0.4) is 0 Å². The Hall–Kier alpha value is -3.11. The zero-order chi connectivity index (χ0) is 25.1. The van der Waals surface area contributed by atoms with Gasteiger partial charge in [-0.2, -0.15) is 0 Å². The largest absolute Gasteiger partial charge is 0.388 e. The Balaban J connectivity index is 1.29. The summed E-state index contributed by atoms with van der Waals surface area (Å²) in [6, 6.07) is 13.5. The van der Waals surface area contributed by atoms with E-state index >= 15 is 0 Å². The molecule has 0 saturated carbocycles. The van der Waals surface area contributed by atoms with Gasteiger partial charge in [0.1, 0.15) is 5.82 Å². The topological polar surface area (TPSA) is 33.1 Å². The number of rotatable bonds is 7. The second-order valence-electron chi connectivity index (χ2n) is 10.5. The van der Waals surface area contributed by atoms with Crippen LogP contribution in [0.1, 0.15) is 61.0 Å². The molecule has 1 saturated heterocycles. The Morgan fingerprint density at radius 1 is 1.00 bits per heavy atom. The number of fused-ring (bicyclic) bond motifs is 1. The van der Waals surface area contributed by atoms with Crippen molar-refractivity contribution in [1.82, 2.24) is 14.5 Å². The number of imidazole rings is 1. The van der Waals surface area contributed by atoms with Crippen molar-refractivity contribution in [3.8, 4) is 0 Å². The van der Waals surface area contributed by atoms with E-state index in [1.54, 1.807) is 0 Å². The van der Waals surface area contributed by atoms with E-state index in [4.69, 9.17) is 4.98 Å². The van der Waals surface area contributed by atoms with E-state index in [1.165, 1.54) is 65.0 Å². The zero-order valence-corrected chi connectivity index (χ0v) is 22.3. The summed E-state index contributed by atoms with van der Waals surface area (Å²) in [7, 11) is 2.00. The molecule has 36 heavy (non-hydrogen) atoms. The predicted octanol–water partition coefficient (Wildman–Crippen LogP) is 7.25. The van der Waals surface area contributed by atoms with E-state index in [0.717, 1.165) is 37.3 Å². The fraction of sp³-hybridized carbons (Fsp3) is 0.406. The smallest absolute Gasteiger partial charge is 0.141 e. The first-order valence-corrected chi connectivity index (χ1v) is 13.6. The lowest BCUT2D eigenvalue weighted by molar-refractivity contribution is 0.207. The number of hydrogen-bond acceptors (Lipinski definition) is 3. The van der Waals surface area contributed by atoms with Gasteiger partial charge in [-0.3, -0.25) is 0 Å². The summed E-state index contributed by atoms with van der Waals surface area (Å²) in [6.45, 7) is 11.1. The van der Waals surface area contributed by atoms with E-state index < -0.39 is 0 Å². The number of nitrogens with zero attached hydrogens (tertiary/aromatic N) is 3. The summed E-state index contributed by atoms with van der Waals surface area (Å²) in [5.41, 5.74) is 10.3. The molecule has 0 amide bonds. The van der Waals surface area contributed by atoms with Crippen molar-refractivity contribution in [2.75, 3.05) is 32.0 Å². The first-order valence-electron chi connectivity index (χ1n) is 13.6. The van der Waals surface area contributed by atoms with Crippen LogP contribution in [-0.2, 0) is 6.54 Å². The van der Waals surface area contributed by atoms with Crippen molar-refractivity contribution in [3.05, 3.63) is 88.8 Å². The van der Waals surface area contributed by atoms with Crippen LogP contribution in [0, 0.1) is 13.8 Å². The van der Waals surface area contributed by atoms with Gasteiger partial charge in [0, 0.05) is 24.9 Å². The lowest BCUT2D eigenvalue weighted by Crippen LogP contribution is -2.34. The van der Waals surface area contributed by atoms with Crippen LogP contribution in [0.15, 0.2) is 66.3 Å². The number of benzene rings is 2. The second kappa shape index (κ2) is 10.9. The van der Waals surface area contributed by atoms with Gasteiger partial charge in [-0.25, -0.2) is 4.98 Å². The first kappa shape index (κ1) is 24.6. The Kier molecular flexibility index (Phi) is 7.43. The summed E-state index contributed by atoms with van der Waals surface area (Å²) in [6.07, 6.45) is 13.6. The maximum atomic E-state index is 5.15. The molecule has 1 N–H and O–H groups in total. The van der Waals surface area contributed by atoms with Crippen molar-refractivity contribution >= 4 is 22.3 Å². The van der Waals surface area contributed by atoms with Gasteiger partial charge < -0.3 is 14.8 Å². The molecule has 4 nitrogen and oxygen atoms in total. The molecule has 2 aliphatic rings. The third-order valence-corrected chi connectivity index (χ3v) is 8.08. The molecule has 1 aliphatic carbocycles. The highest BCUT2D eigenvalue weighted by Gasteiger charge is 2.21. The van der Waals surface area contributed by atoms with Gasteiger partial charge in [0.15, 0.2) is 0 Å². The number of likely N-dealkylation sites (tertiary alicyclic amines) is 1. The number of aromatic nitrogens is 2. The van der Waals surface area contributed by atoms with Crippen LogP contribution in [-0.4, -0.2) is 41.1 Å². The molecule has 0 radical (unpaired) electrons. The predicted molar refractivity (Wildman–Crippen MR) is 154 cm³/mol. The van der Waals surface area contributed by atoms with Crippen LogP contribution in [0.25, 0.3) is 16.6 Å². The summed E-state index contributed by atoms with van der Waals surface area (Å²) in [5.74, 6) is 1.79. The van der Waals surface area contributed by atoms with Crippen molar-refractivity contribution < 1.29 is 0 Å². The van der Waals surface area contributed by atoms with Crippen molar-refractivity contribution in [2.24, 2.45) is 0 Å². The van der Waals surface area contributed by atoms with E-state index in [9.17, 15) is 0 Å². The van der Waals surface area contributed by atoms with Gasteiger partial charge in [0.05, 0.1) is 11.0 Å². The average Bonchev–Trinajstić information content (AvgIpc) is 3.07. The van der Waals surface area contributed by atoms with Gasteiger partial charge >= 0.3 is 0 Å². The molecule has 188 valence electrons. The van der Waals surface area contributed by atoms with E-state index in [2.05, 4.69) is 96.3 Å². The molecule has 0 unspecified atom stereocenters. The molecule has 0 spiro atoms. The number of piperidine rings is 1. The molecule has 1 aromatic heterocycles. The molecule has 1 aliphatic heterocycles. The first-order chi connectivity index (χ1) is 17.5. The maximum absolute atomic E-state index is 5.15. The van der Waals surface area contributed by atoms with Gasteiger partial charge in [0.25, 0.3) is 0 Å². The normalized spacial score (nSPS) is 17.2. The monoisotopic (exact) mass is 480 g/mol. The second-order valence-corrected chi connectivity index (χ2v) is 10.5. The third-order valence-electron chi connectivity index (χ3n) is 8.08. The highest BCUT2D eigenvalue weighted by molar-refractivity contribution is 5.85. The minimum Gasteiger partial charge on any atom is -0.388 e. The molecule has 0 bridgehead atoms. The molecule has 4 heteroatoms. The van der Waals surface area contributed by atoms with Gasteiger partial charge in [-0.1, -0.05) is 36.4 Å². The minimum absolute atomic E-state index is 0.676. The van der Waals surface area contributed by atoms with Gasteiger partial charge in [-0.15, -0.1) is 0 Å². The Morgan fingerprint density at radius 2 is 1.81 bits per heavy atom. The number of anilines is 1. The Labute approximate surface area is 216 Å². The summed E-state index contributed by atoms with van der Waals surface area (Å²) >= 11 is 0. The number of nitrogens with one attached hydrogen (secondary N) is 1. The van der Waals surface area contributed by atoms with Crippen molar-refractivity contribution in [3.63, 3.8) is 0 Å². The summed E-state index contributed by atoms with van der Waals surface area (Å²) in [4.78, 5) is 7.81. The van der Waals surface area contributed by atoms with Crippen LogP contribution >= 0.6 is 0 Å². The molecular formula is C32H40N4. The fourth-order valence-electron chi connectivity index (χ4n) is 5.68. The Bertz CT molecular complexity index is 1320. The number of hydrogen-bond donors (Lipinski definition) is 1. The quantitative estimate of drug-likeness (QED) is 0.386. The zero-order valence-electron chi connectivity index (χ0n) is 22.3. The lowest BCUT2D eigenvalue weighted by Gasteiger charge is -2.32. The van der Waals surface area contributed by atoms with Crippen molar-refractivity contribution in [1.29, 1.82) is 0 Å². The van der Waals surface area contributed by atoms with Crippen LogP contribution in [0.4, 0.5) is 5.69 Å². The molecule has 3 aromatic rings. The third kappa shape index (κ3) is 5.19. The van der Waals surface area contributed by atoms with E-state index in [1.807, 2.05) is 7.05 Å². The number of aryl methyl sites for hydroxylation is 3. The average molecular weight is 481 g/mol. The van der Waals surface area contributed by atoms with E-state index in [-0.39, 0.29) is 0 Å². The number of allylic oxidation sites excluding steroid dienone is 6. The minimum atomic E-state index is 0.676. The summed E-state index contributed by atoms with van der Waals surface area (Å²) in [5, 5.41) is 3.28. The molecule has 2 aromatic carbocycles. The highest BCUT2D eigenvalue weighted by Crippen LogP contribution is 2.31. The summed E-state index contributed by atoms with van der Waals surface area (Å²) < 4.78 is 2.47. The Morgan fingerprint density at radius 3 is 2.61 bits per heavy atom. The van der Waals surface area contributed by atoms with E-state index in [0.29, 0.717) is 5.92 Å². The van der Waals surface area contributed by atoms with Crippen molar-refractivity contribution in [2.45, 2.75) is 58.9 Å². The van der Waals surface area contributed by atoms with Crippen LogP contribution < -0.4 is 5.32 Å². The molecular weight excluding hydrogens is 440 g/mol. The van der Waals surface area contributed by atoms with Crippen LogP contribution in [0.2, 0.25) is 0 Å².